The minimum Gasteiger partial charge on any atom is -0.386 e. The third kappa shape index (κ3) is 3.53. The third-order valence-electron chi connectivity index (χ3n) is 2.12. The maximum Gasteiger partial charge on any atom is 0.235 e. The van der Waals surface area contributed by atoms with E-state index in [1.807, 2.05) is 30.3 Å². The van der Waals surface area contributed by atoms with Crippen molar-refractivity contribution in [3.05, 3.63) is 35.9 Å². The number of alkyl halides is 1. The number of hydrogen-bond donors (Lipinski definition) is 2. The Balaban J connectivity index is 2.61. The lowest BCUT2D eigenvalue weighted by molar-refractivity contribution is -0.120. The smallest absolute Gasteiger partial charge is 0.235 e. The molecule has 1 rings (SSSR count). The van der Waals surface area contributed by atoms with Crippen LogP contribution in [0.1, 0.15) is 18.6 Å². The first kappa shape index (κ1) is 12.0. The van der Waals surface area contributed by atoms with E-state index in [4.69, 9.17) is 11.6 Å². The molecule has 1 aromatic carbocycles. The molecule has 15 heavy (non-hydrogen) atoms. The van der Waals surface area contributed by atoms with Gasteiger partial charge in [-0.25, -0.2) is 0 Å². The van der Waals surface area contributed by atoms with Crippen molar-refractivity contribution in [3.63, 3.8) is 0 Å². The Morgan fingerprint density at radius 1 is 1.47 bits per heavy atom. The van der Waals surface area contributed by atoms with E-state index in [1.54, 1.807) is 6.92 Å². The quantitative estimate of drug-likeness (QED) is 0.766. The second-order valence-electron chi connectivity index (χ2n) is 3.35. The summed E-state index contributed by atoms with van der Waals surface area (Å²) in [4.78, 5) is 11.0. The predicted octanol–water partition coefficient (Wildman–Crippen LogP) is 1.46. The van der Waals surface area contributed by atoms with Crippen LogP contribution in [0.4, 0.5) is 0 Å². The molecular formula is C11H14ClNO2. The molecule has 1 aromatic rings. The van der Waals surface area contributed by atoms with Crippen LogP contribution in [0.25, 0.3) is 0 Å². The molecule has 0 radical (unpaired) electrons. The number of rotatable bonds is 4. The van der Waals surface area contributed by atoms with Gasteiger partial charge >= 0.3 is 0 Å². The molecule has 4 heteroatoms. The van der Waals surface area contributed by atoms with Crippen LogP contribution < -0.4 is 5.32 Å². The molecule has 0 fully saturated rings. The first-order valence-electron chi connectivity index (χ1n) is 4.73. The van der Waals surface area contributed by atoms with Crippen molar-refractivity contribution in [3.8, 4) is 0 Å². The third-order valence-corrected chi connectivity index (χ3v) is 2.37. The maximum atomic E-state index is 11.0. The Kier molecular flexibility index (Phi) is 4.59. The van der Waals surface area contributed by atoms with Crippen molar-refractivity contribution in [1.29, 1.82) is 0 Å². The molecule has 1 amide bonds. The fourth-order valence-electron chi connectivity index (χ4n) is 1.31. The van der Waals surface area contributed by atoms with Gasteiger partial charge in [-0.05, 0) is 12.5 Å². The first-order chi connectivity index (χ1) is 7.15. The molecule has 0 aliphatic heterocycles. The van der Waals surface area contributed by atoms with Crippen LogP contribution in [0.15, 0.2) is 30.3 Å². The summed E-state index contributed by atoms with van der Waals surface area (Å²) in [6, 6.07) is 8.84. The number of carbonyl (C=O) groups excluding carboxylic acids is 1. The van der Waals surface area contributed by atoms with Crippen LogP contribution in [0.5, 0.6) is 0 Å². The minimum atomic E-state index is -0.710. The second kappa shape index (κ2) is 5.73. The van der Waals surface area contributed by atoms with Crippen molar-refractivity contribution in [2.24, 2.45) is 0 Å². The molecule has 0 aromatic heterocycles. The molecule has 0 heterocycles. The molecule has 0 bridgehead atoms. The summed E-state index contributed by atoms with van der Waals surface area (Å²) in [6.07, 6.45) is -0.710. The fraction of sp³-hybridized carbons (Fsp3) is 0.364. The van der Waals surface area contributed by atoms with E-state index < -0.39 is 6.10 Å². The average Bonchev–Trinajstić information content (AvgIpc) is 2.29. The zero-order chi connectivity index (χ0) is 11.3. The van der Waals surface area contributed by atoms with E-state index in [-0.39, 0.29) is 17.8 Å². The summed E-state index contributed by atoms with van der Waals surface area (Å²) in [5.74, 6) is -0.370. The standard InChI is InChI=1S/C11H14ClNO2/c1-8(13-10(14)7-12)11(15)9-5-3-2-4-6-9/h2-6,8,11,15H,7H2,1H3,(H,13,14)/t8-,11+/m1/s1. The molecular weight excluding hydrogens is 214 g/mol. The normalized spacial score (nSPS) is 14.3. The minimum absolute atomic E-state index is 0.0914. The number of benzene rings is 1. The van der Waals surface area contributed by atoms with Crippen molar-refractivity contribution >= 4 is 17.5 Å². The SMILES string of the molecule is C[C@@H](NC(=O)CCl)[C@H](O)c1ccccc1. The summed E-state index contributed by atoms with van der Waals surface area (Å²) < 4.78 is 0. The molecule has 0 aliphatic rings. The molecule has 0 aliphatic carbocycles. The molecule has 2 N–H and O–H groups in total. The molecule has 0 saturated heterocycles. The average molecular weight is 228 g/mol. The van der Waals surface area contributed by atoms with Gasteiger partial charge in [0.15, 0.2) is 0 Å². The molecule has 0 spiro atoms. The van der Waals surface area contributed by atoms with Crippen molar-refractivity contribution < 1.29 is 9.90 Å². The largest absolute Gasteiger partial charge is 0.386 e. The van der Waals surface area contributed by atoms with Gasteiger partial charge in [-0.3, -0.25) is 4.79 Å². The van der Waals surface area contributed by atoms with Gasteiger partial charge in [0.05, 0.1) is 12.1 Å². The maximum absolute atomic E-state index is 11.0. The Morgan fingerprint density at radius 3 is 2.60 bits per heavy atom. The Bertz CT molecular complexity index is 316. The van der Waals surface area contributed by atoms with Gasteiger partial charge in [0.2, 0.25) is 5.91 Å². The Labute approximate surface area is 94.1 Å². The summed E-state index contributed by atoms with van der Waals surface area (Å²) in [6.45, 7) is 1.74. The molecule has 0 saturated carbocycles. The predicted molar refractivity (Wildman–Crippen MR) is 59.7 cm³/mol. The monoisotopic (exact) mass is 227 g/mol. The van der Waals surface area contributed by atoms with Gasteiger partial charge in [-0.2, -0.15) is 0 Å². The van der Waals surface area contributed by atoms with Crippen molar-refractivity contribution in [2.75, 3.05) is 5.88 Å². The van der Waals surface area contributed by atoms with Crippen LogP contribution in [0.3, 0.4) is 0 Å². The number of aliphatic hydroxyl groups excluding tert-OH is 1. The summed E-state index contributed by atoms with van der Waals surface area (Å²) in [7, 11) is 0. The highest BCUT2D eigenvalue weighted by atomic mass is 35.5. The topological polar surface area (TPSA) is 49.3 Å². The highest BCUT2D eigenvalue weighted by molar-refractivity contribution is 6.27. The number of carbonyl (C=O) groups is 1. The molecule has 3 nitrogen and oxygen atoms in total. The fourth-order valence-corrected chi connectivity index (χ4v) is 1.39. The number of amides is 1. The van der Waals surface area contributed by atoms with E-state index in [9.17, 15) is 9.90 Å². The highest BCUT2D eigenvalue weighted by Gasteiger charge is 2.17. The van der Waals surface area contributed by atoms with Gasteiger partial charge in [0.25, 0.3) is 0 Å². The first-order valence-corrected chi connectivity index (χ1v) is 5.27. The summed E-state index contributed by atoms with van der Waals surface area (Å²) >= 11 is 5.35. The number of nitrogens with one attached hydrogen (secondary N) is 1. The van der Waals surface area contributed by atoms with Crippen molar-refractivity contribution in [2.45, 2.75) is 19.1 Å². The van der Waals surface area contributed by atoms with E-state index >= 15 is 0 Å². The lowest BCUT2D eigenvalue weighted by atomic mass is 10.0. The lowest BCUT2D eigenvalue weighted by Gasteiger charge is -2.20. The van der Waals surface area contributed by atoms with Crippen LogP contribution in [-0.2, 0) is 4.79 Å². The van der Waals surface area contributed by atoms with Gasteiger partial charge < -0.3 is 10.4 Å². The van der Waals surface area contributed by atoms with Crippen LogP contribution in [0, 0.1) is 0 Å². The van der Waals surface area contributed by atoms with Gasteiger partial charge in [0, 0.05) is 0 Å². The van der Waals surface area contributed by atoms with Gasteiger partial charge in [0.1, 0.15) is 5.88 Å². The highest BCUT2D eigenvalue weighted by Crippen LogP contribution is 2.15. The summed E-state index contributed by atoms with van der Waals surface area (Å²) in [5, 5.41) is 12.5. The van der Waals surface area contributed by atoms with E-state index in [1.165, 1.54) is 0 Å². The van der Waals surface area contributed by atoms with Crippen LogP contribution >= 0.6 is 11.6 Å². The van der Waals surface area contributed by atoms with Gasteiger partial charge in [-0.1, -0.05) is 30.3 Å². The Hall–Kier alpha value is -1.06. The lowest BCUT2D eigenvalue weighted by Crippen LogP contribution is -2.37. The number of aliphatic hydroxyl groups is 1. The zero-order valence-electron chi connectivity index (χ0n) is 8.48. The van der Waals surface area contributed by atoms with E-state index in [0.29, 0.717) is 0 Å². The van der Waals surface area contributed by atoms with Gasteiger partial charge in [-0.15, -0.1) is 11.6 Å². The summed E-state index contributed by atoms with van der Waals surface area (Å²) in [5.41, 5.74) is 0.778. The number of hydrogen-bond acceptors (Lipinski definition) is 2. The molecule has 82 valence electrons. The zero-order valence-corrected chi connectivity index (χ0v) is 9.24. The second-order valence-corrected chi connectivity index (χ2v) is 3.61. The van der Waals surface area contributed by atoms with Crippen LogP contribution in [-0.4, -0.2) is 22.9 Å². The van der Waals surface area contributed by atoms with Crippen molar-refractivity contribution in [1.82, 2.24) is 5.32 Å². The number of halogens is 1. The molecule has 2 atom stereocenters. The van der Waals surface area contributed by atoms with E-state index in [2.05, 4.69) is 5.32 Å². The van der Waals surface area contributed by atoms with E-state index in [0.717, 1.165) is 5.56 Å². The van der Waals surface area contributed by atoms with Crippen LogP contribution in [0.2, 0.25) is 0 Å². The Morgan fingerprint density at radius 2 is 2.07 bits per heavy atom. The molecule has 0 unspecified atom stereocenters.